The normalized spacial score (nSPS) is 24.5. The molecular weight excluding hydrogens is 455 g/mol. The van der Waals surface area contributed by atoms with Crippen molar-refractivity contribution in [3.8, 4) is 0 Å². The van der Waals surface area contributed by atoms with Crippen molar-refractivity contribution in [1.29, 1.82) is 0 Å². The van der Waals surface area contributed by atoms with Gasteiger partial charge < -0.3 is 29.5 Å². The molecule has 34 heavy (non-hydrogen) atoms. The zero-order valence-corrected chi connectivity index (χ0v) is 22.5. The Hall–Kier alpha value is -0.0100. The van der Waals surface area contributed by atoms with Gasteiger partial charge in [0.2, 0.25) is 0 Å². The molecule has 1 saturated heterocycles. The summed E-state index contributed by atoms with van der Waals surface area (Å²) in [5, 5.41) is 28.7. The van der Waals surface area contributed by atoms with Crippen molar-refractivity contribution in [1.82, 2.24) is 0 Å². The highest BCUT2D eigenvalue weighted by Gasteiger charge is 2.45. The van der Waals surface area contributed by atoms with Gasteiger partial charge in [0.1, 0.15) is 18.3 Å². The molecule has 0 aromatic heterocycles. The molecule has 5 atom stereocenters. The van der Waals surface area contributed by atoms with Crippen molar-refractivity contribution >= 4 is 7.60 Å². The van der Waals surface area contributed by atoms with E-state index < -0.39 is 38.6 Å². The molecule has 1 rings (SSSR count). The molecule has 0 spiro atoms. The van der Waals surface area contributed by atoms with E-state index in [1.54, 1.807) is 0 Å². The first kappa shape index (κ1) is 32.0. The average molecular weight is 509 g/mol. The monoisotopic (exact) mass is 508 g/mol. The topological polar surface area (TPSA) is 116 Å². The number of hydrogen-bond donors (Lipinski definition) is 4. The Labute approximate surface area is 208 Å². The van der Waals surface area contributed by atoms with Crippen LogP contribution in [0.3, 0.4) is 0 Å². The molecule has 1 fully saturated rings. The molecule has 0 radical (unpaired) electrons. The Morgan fingerprint density at radius 3 is 1.44 bits per heavy atom. The summed E-state index contributed by atoms with van der Waals surface area (Å²) in [4.78, 5) is 9.98. The SMILES string of the molecule is CCCCCCCCCCCCCCCCCCCCOP(=O)(O)C[C@@H]1O[C@H](CO)[C@@H](O)[C@@H]1O. The number of aliphatic hydroxyl groups is 3. The maximum atomic E-state index is 12.2. The average Bonchev–Trinajstić information content (AvgIpc) is 3.07. The summed E-state index contributed by atoms with van der Waals surface area (Å²) in [7, 11) is -3.91. The van der Waals surface area contributed by atoms with E-state index in [4.69, 9.17) is 14.4 Å². The third-order valence-corrected chi connectivity index (χ3v) is 8.25. The standard InChI is InChI=1S/C26H53O7P/c1-2-3-4-5-6-7-8-9-10-11-12-13-14-15-16-17-18-19-20-32-34(30,31)22-24-26(29)25(28)23(21-27)33-24/h23-29H,2-22H2,1H3,(H,30,31)/t23-,24+,25-,26-/m1/s1. The third kappa shape index (κ3) is 15.2. The van der Waals surface area contributed by atoms with E-state index in [1.807, 2.05) is 0 Å². The third-order valence-electron chi connectivity index (χ3n) is 6.84. The maximum Gasteiger partial charge on any atom is 0.330 e. The Bertz CT molecular complexity index is 519. The van der Waals surface area contributed by atoms with Gasteiger partial charge in [0.05, 0.1) is 25.5 Å². The molecule has 4 N–H and O–H groups in total. The van der Waals surface area contributed by atoms with Crippen LogP contribution >= 0.6 is 7.60 Å². The van der Waals surface area contributed by atoms with Crippen molar-refractivity contribution in [3.05, 3.63) is 0 Å². The molecule has 0 amide bonds. The number of rotatable bonds is 23. The zero-order chi connectivity index (χ0) is 25.1. The first-order valence-corrected chi connectivity index (χ1v) is 15.8. The lowest BCUT2D eigenvalue weighted by Gasteiger charge is -2.18. The van der Waals surface area contributed by atoms with Crippen LogP contribution in [0, 0.1) is 0 Å². The molecule has 204 valence electrons. The maximum absolute atomic E-state index is 12.2. The quantitative estimate of drug-likeness (QED) is 0.103. The molecule has 1 unspecified atom stereocenters. The minimum Gasteiger partial charge on any atom is -0.394 e. The molecule has 0 bridgehead atoms. The van der Waals surface area contributed by atoms with Gasteiger partial charge in [0, 0.05) is 0 Å². The Kier molecular flexibility index (Phi) is 18.9. The number of ether oxygens (including phenoxy) is 1. The number of unbranched alkanes of at least 4 members (excludes halogenated alkanes) is 17. The lowest BCUT2D eigenvalue weighted by Crippen LogP contribution is -2.34. The first-order valence-electron chi connectivity index (χ1n) is 14.0. The lowest BCUT2D eigenvalue weighted by atomic mass is 10.0. The Morgan fingerprint density at radius 1 is 0.676 bits per heavy atom. The summed E-state index contributed by atoms with van der Waals surface area (Å²) in [6, 6.07) is 0. The minimum absolute atomic E-state index is 0.196. The Balaban J connectivity index is 1.86. The van der Waals surface area contributed by atoms with Crippen LogP contribution in [-0.4, -0.2) is 64.0 Å². The van der Waals surface area contributed by atoms with Crippen molar-refractivity contribution < 1.29 is 34.0 Å². The molecule has 1 heterocycles. The van der Waals surface area contributed by atoms with Crippen LogP contribution in [0.25, 0.3) is 0 Å². The van der Waals surface area contributed by atoms with Gasteiger partial charge in [-0.05, 0) is 6.42 Å². The van der Waals surface area contributed by atoms with Crippen LogP contribution in [0.2, 0.25) is 0 Å². The summed E-state index contributed by atoms with van der Waals surface area (Å²) in [5.41, 5.74) is 0. The van der Waals surface area contributed by atoms with Gasteiger partial charge in [-0.2, -0.15) is 0 Å². The lowest BCUT2D eigenvalue weighted by molar-refractivity contribution is -0.0175. The largest absolute Gasteiger partial charge is 0.394 e. The van der Waals surface area contributed by atoms with Crippen molar-refractivity contribution in [2.45, 2.75) is 147 Å². The molecule has 0 aliphatic carbocycles. The van der Waals surface area contributed by atoms with Crippen molar-refractivity contribution in [3.63, 3.8) is 0 Å². The van der Waals surface area contributed by atoms with Crippen molar-refractivity contribution in [2.24, 2.45) is 0 Å². The van der Waals surface area contributed by atoms with Gasteiger partial charge in [0.15, 0.2) is 0 Å². The molecule has 1 aliphatic rings. The van der Waals surface area contributed by atoms with Gasteiger partial charge in [-0.15, -0.1) is 0 Å². The van der Waals surface area contributed by atoms with Gasteiger partial charge in [-0.25, -0.2) is 0 Å². The van der Waals surface area contributed by atoms with Gasteiger partial charge in [0.25, 0.3) is 0 Å². The minimum atomic E-state index is -3.91. The van der Waals surface area contributed by atoms with Gasteiger partial charge in [-0.3, -0.25) is 4.57 Å². The zero-order valence-electron chi connectivity index (χ0n) is 21.6. The fourth-order valence-corrected chi connectivity index (χ4v) is 5.90. The molecule has 0 saturated carbocycles. The van der Waals surface area contributed by atoms with E-state index in [9.17, 15) is 19.7 Å². The highest BCUT2D eigenvalue weighted by atomic mass is 31.2. The molecule has 7 nitrogen and oxygen atoms in total. The second-order valence-corrected chi connectivity index (χ2v) is 11.9. The smallest absolute Gasteiger partial charge is 0.330 e. The number of hydrogen-bond acceptors (Lipinski definition) is 6. The van der Waals surface area contributed by atoms with Gasteiger partial charge in [-0.1, -0.05) is 116 Å². The van der Waals surface area contributed by atoms with Crippen LogP contribution < -0.4 is 0 Å². The van der Waals surface area contributed by atoms with Crippen molar-refractivity contribution in [2.75, 3.05) is 19.4 Å². The molecule has 0 aromatic rings. The van der Waals surface area contributed by atoms with E-state index in [-0.39, 0.29) is 12.8 Å². The fourth-order valence-electron chi connectivity index (χ4n) is 4.62. The van der Waals surface area contributed by atoms with Crippen LogP contribution in [-0.2, 0) is 13.8 Å². The van der Waals surface area contributed by atoms with Crippen LogP contribution in [0.4, 0.5) is 0 Å². The molecule has 8 heteroatoms. The molecular formula is C26H53O7P. The van der Waals surface area contributed by atoms with E-state index in [1.165, 1.54) is 96.3 Å². The van der Waals surface area contributed by atoms with Crippen LogP contribution in [0.5, 0.6) is 0 Å². The summed E-state index contributed by atoms with van der Waals surface area (Å²) < 4.78 is 22.6. The molecule has 0 aromatic carbocycles. The summed E-state index contributed by atoms with van der Waals surface area (Å²) >= 11 is 0. The highest BCUT2D eigenvalue weighted by molar-refractivity contribution is 7.52. The second kappa shape index (κ2) is 20.1. The summed E-state index contributed by atoms with van der Waals surface area (Å²) in [6.07, 6.45) is 18.3. The predicted octanol–water partition coefficient (Wildman–Crippen LogP) is 5.71. The summed E-state index contributed by atoms with van der Waals surface area (Å²) in [6.45, 7) is 2.01. The fraction of sp³-hybridized carbons (Fsp3) is 1.00. The van der Waals surface area contributed by atoms with Crippen LogP contribution in [0.15, 0.2) is 0 Å². The first-order chi connectivity index (χ1) is 16.4. The van der Waals surface area contributed by atoms with E-state index in [0.29, 0.717) is 0 Å². The number of aliphatic hydroxyl groups excluding tert-OH is 3. The predicted molar refractivity (Wildman–Crippen MR) is 137 cm³/mol. The van der Waals surface area contributed by atoms with E-state index in [0.717, 1.165) is 19.3 Å². The second-order valence-electron chi connectivity index (χ2n) is 10.0. The van der Waals surface area contributed by atoms with E-state index >= 15 is 0 Å². The van der Waals surface area contributed by atoms with E-state index in [2.05, 4.69) is 6.92 Å². The van der Waals surface area contributed by atoms with Crippen LogP contribution in [0.1, 0.15) is 122 Å². The summed E-state index contributed by atoms with van der Waals surface area (Å²) in [5.74, 6) is 0. The highest BCUT2D eigenvalue weighted by Crippen LogP contribution is 2.45. The molecule has 1 aliphatic heterocycles. The Morgan fingerprint density at radius 2 is 1.06 bits per heavy atom. The van der Waals surface area contributed by atoms with Gasteiger partial charge >= 0.3 is 7.60 Å².